The third kappa shape index (κ3) is 8.51. The van der Waals surface area contributed by atoms with Crippen molar-refractivity contribution in [2.75, 3.05) is 33.4 Å². The molecule has 2 heterocycles. The second-order valence-corrected chi connectivity index (χ2v) is 8.77. The number of nitrogens with one attached hydrogen (secondary N) is 2. The normalized spacial score (nSPS) is 18.4. The van der Waals surface area contributed by atoms with Gasteiger partial charge in [0.15, 0.2) is 5.96 Å². The number of hydrogen-bond acceptors (Lipinski definition) is 4. The van der Waals surface area contributed by atoms with Crippen LogP contribution in [0.2, 0.25) is 0 Å². The number of piperidine rings is 1. The van der Waals surface area contributed by atoms with Gasteiger partial charge in [0.25, 0.3) is 0 Å². The predicted molar refractivity (Wildman–Crippen MR) is 138 cm³/mol. The van der Waals surface area contributed by atoms with Crippen LogP contribution in [0, 0.1) is 5.92 Å². The Bertz CT molecular complexity index is 730. The highest BCUT2D eigenvalue weighted by molar-refractivity contribution is 14.0. The van der Waals surface area contributed by atoms with E-state index in [-0.39, 0.29) is 35.8 Å². The molecule has 0 bridgehead atoms. The minimum absolute atomic E-state index is 0. The number of carbonyl (C=O) groups is 1. The monoisotopic (exact) mass is 558 g/mol. The molecule has 1 aromatic rings. The highest BCUT2D eigenvalue weighted by atomic mass is 127. The molecule has 0 unspecified atom stereocenters. The van der Waals surface area contributed by atoms with Crippen LogP contribution < -0.4 is 10.6 Å². The Kier molecular flexibility index (Phi) is 11.7. The Labute approximate surface area is 209 Å². The first-order valence-electron chi connectivity index (χ1n) is 11.6. The molecule has 32 heavy (non-hydrogen) atoms. The molecule has 0 saturated carbocycles. The minimum atomic E-state index is 0. The van der Waals surface area contributed by atoms with Crippen molar-refractivity contribution in [3.63, 3.8) is 0 Å². The lowest BCUT2D eigenvalue weighted by atomic mass is 10.0. The van der Waals surface area contributed by atoms with E-state index >= 15 is 0 Å². The van der Waals surface area contributed by atoms with Crippen LogP contribution >= 0.6 is 24.0 Å². The zero-order valence-electron chi connectivity index (χ0n) is 19.6. The molecule has 2 aliphatic rings. The summed E-state index contributed by atoms with van der Waals surface area (Å²) in [6.07, 6.45) is 4.15. The Morgan fingerprint density at radius 1 is 1.19 bits per heavy atom. The first-order chi connectivity index (χ1) is 15.0. The van der Waals surface area contributed by atoms with Crippen LogP contribution in [0.5, 0.6) is 0 Å². The number of amides is 1. The molecule has 0 aliphatic carbocycles. The van der Waals surface area contributed by atoms with E-state index in [9.17, 15) is 4.79 Å². The number of benzene rings is 1. The van der Waals surface area contributed by atoms with E-state index in [1.165, 1.54) is 11.1 Å². The van der Waals surface area contributed by atoms with Crippen molar-refractivity contribution in [1.82, 2.24) is 15.5 Å². The average molecular weight is 559 g/mol. The Balaban J connectivity index is 0.00000363. The summed E-state index contributed by atoms with van der Waals surface area (Å²) < 4.78 is 11.4. The largest absolute Gasteiger partial charge is 0.381 e. The number of hydrogen-bond donors (Lipinski definition) is 2. The lowest BCUT2D eigenvalue weighted by molar-refractivity contribution is -0.135. The van der Waals surface area contributed by atoms with Gasteiger partial charge in [0.05, 0.1) is 12.7 Å². The first-order valence-corrected chi connectivity index (χ1v) is 11.6. The van der Waals surface area contributed by atoms with Crippen LogP contribution in [0.15, 0.2) is 29.3 Å². The van der Waals surface area contributed by atoms with Crippen molar-refractivity contribution in [3.8, 4) is 0 Å². The topological polar surface area (TPSA) is 75.2 Å². The molecule has 1 amide bonds. The molecule has 0 spiro atoms. The number of rotatable bonds is 7. The van der Waals surface area contributed by atoms with E-state index in [1.54, 1.807) is 7.05 Å². The van der Waals surface area contributed by atoms with Crippen LogP contribution in [0.3, 0.4) is 0 Å². The van der Waals surface area contributed by atoms with Crippen molar-refractivity contribution in [2.24, 2.45) is 10.9 Å². The quantitative estimate of drug-likeness (QED) is 0.305. The van der Waals surface area contributed by atoms with Gasteiger partial charge < -0.3 is 25.0 Å². The standard InChI is InChI=1S/C24H38N4O3.HI/c1-18(2)23(29)28-11-7-21(8-12-28)27-24(25-3)26-16-19-5-4-6-20(15-19)17-31-22-9-13-30-14-10-22;/h4-6,15,18,21-22H,7-14,16-17H2,1-3H3,(H2,25,26,27);1H. The van der Waals surface area contributed by atoms with Gasteiger partial charge in [-0.05, 0) is 36.8 Å². The van der Waals surface area contributed by atoms with Gasteiger partial charge in [0, 0.05) is 51.9 Å². The average Bonchev–Trinajstić information content (AvgIpc) is 2.81. The summed E-state index contributed by atoms with van der Waals surface area (Å²) in [6, 6.07) is 8.84. The SMILES string of the molecule is CN=C(NCc1cccc(COC2CCOCC2)c1)NC1CCN(C(=O)C(C)C)CC1.I. The van der Waals surface area contributed by atoms with Crippen molar-refractivity contribution in [1.29, 1.82) is 0 Å². The van der Waals surface area contributed by atoms with Gasteiger partial charge in [-0.1, -0.05) is 38.1 Å². The van der Waals surface area contributed by atoms with Crippen molar-refractivity contribution < 1.29 is 14.3 Å². The van der Waals surface area contributed by atoms with Crippen LogP contribution in [-0.2, 0) is 27.4 Å². The number of halogens is 1. The van der Waals surface area contributed by atoms with Crippen LogP contribution in [0.1, 0.15) is 50.7 Å². The molecule has 0 aromatic heterocycles. The lowest BCUT2D eigenvalue weighted by Gasteiger charge is -2.34. The summed E-state index contributed by atoms with van der Waals surface area (Å²) in [5.74, 6) is 1.12. The van der Waals surface area contributed by atoms with Crippen LogP contribution in [0.4, 0.5) is 0 Å². The molecule has 0 atom stereocenters. The van der Waals surface area contributed by atoms with Gasteiger partial charge in [-0.15, -0.1) is 24.0 Å². The molecule has 3 rings (SSSR count). The number of nitrogens with zero attached hydrogens (tertiary/aromatic N) is 2. The van der Waals surface area contributed by atoms with Gasteiger partial charge in [0.1, 0.15) is 0 Å². The fourth-order valence-corrected chi connectivity index (χ4v) is 4.07. The third-order valence-electron chi connectivity index (χ3n) is 5.97. The number of guanidine groups is 1. The molecule has 1 aromatic carbocycles. The van der Waals surface area contributed by atoms with Crippen LogP contribution in [-0.4, -0.2) is 62.3 Å². The van der Waals surface area contributed by atoms with E-state index in [1.807, 2.05) is 18.7 Å². The summed E-state index contributed by atoms with van der Waals surface area (Å²) >= 11 is 0. The fraction of sp³-hybridized carbons (Fsp3) is 0.667. The van der Waals surface area contributed by atoms with Crippen molar-refractivity contribution in [2.45, 2.75) is 64.8 Å². The summed E-state index contributed by atoms with van der Waals surface area (Å²) in [5, 5.41) is 6.93. The fourth-order valence-electron chi connectivity index (χ4n) is 4.07. The molecule has 2 N–H and O–H groups in total. The molecule has 2 aliphatic heterocycles. The van der Waals surface area contributed by atoms with Crippen molar-refractivity contribution in [3.05, 3.63) is 35.4 Å². The summed E-state index contributed by atoms with van der Waals surface area (Å²) in [4.78, 5) is 18.5. The molecule has 8 heteroatoms. The van der Waals surface area contributed by atoms with E-state index < -0.39 is 0 Å². The number of aliphatic imine (C=N–C) groups is 1. The summed E-state index contributed by atoms with van der Waals surface area (Å²) in [7, 11) is 1.80. The second-order valence-electron chi connectivity index (χ2n) is 8.77. The third-order valence-corrected chi connectivity index (χ3v) is 5.97. The van der Waals surface area contributed by atoms with Gasteiger partial charge >= 0.3 is 0 Å². The number of likely N-dealkylation sites (tertiary alicyclic amines) is 1. The summed E-state index contributed by atoms with van der Waals surface area (Å²) in [5.41, 5.74) is 2.39. The molecule has 0 radical (unpaired) electrons. The summed E-state index contributed by atoms with van der Waals surface area (Å²) in [6.45, 7) is 8.48. The van der Waals surface area contributed by atoms with E-state index in [0.717, 1.165) is 57.9 Å². The lowest BCUT2D eigenvalue weighted by Crippen LogP contribution is -2.50. The molecular weight excluding hydrogens is 519 g/mol. The molecular formula is C24H39IN4O3. The molecule has 7 nitrogen and oxygen atoms in total. The second kappa shape index (κ2) is 14.0. The Morgan fingerprint density at radius 3 is 2.53 bits per heavy atom. The molecule has 180 valence electrons. The van der Waals surface area contributed by atoms with Gasteiger partial charge in [-0.2, -0.15) is 0 Å². The van der Waals surface area contributed by atoms with Crippen LogP contribution in [0.25, 0.3) is 0 Å². The highest BCUT2D eigenvalue weighted by Crippen LogP contribution is 2.15. The minimum Gasteiger partial charge on any atom is -0.381 e. The first kappa shape index (κ1) is 26.9. The van der Waals surface area contributed by atoms with E-state index in [0.29, 0.717) is 25.3 Å². The number of ether oxygens (including phenoxy) is 2. The predicted octanol–water partition coefficient (Wildman–Crippen LogP) is 3.31. The Hall–Kier alpha value is -1.39. The Morgan fingerprint density at radius 2 is 1.88 bits per heavy atom. The smallest absolute Gasteiger partial charge is 0.225 e. The maximum atomic E-state index is 12.2. The molecule has 2 saturated heterocycles. The molecule has 2 fully saturated rings. The highest BCUT2D eigenvalue weighted by Gasteiger charge is 2.24. The van der Waals surface area contributed by atoms with Gasteiger partial charge in [-0.25, -0.2) is 0 Å². The maximum absolute atomic E-state index is 12.2. The van der Waals surface area contributed by atoms with E-state index in [4.69, 9.17) is 9.47 Å². The number of carbonyl (C=O) groups excluding carboxylic acids is 1. The van der Waals surface area contributed by atoms with Gasteiger partial charge in [0.2, 0.25) is 5.91 Å². The van der Waals surface area contributed by atoms with Crippen molar-refractivity contribution >= 4 is 35.8 Å². The van der Waals surface area contributed by atoms with Gasteiger partial charge in [-0.3, -0.25) is 9.79 Å². The zero-order valence-corrected chi connectivity index (χ0v) is 22.0. The zero-order chi connectivity index (χ0) is 22.1. The maximum Gasteiger partial charge on any atom is 0.225 e. The van der Waals surface area contributed by atoms with E-state index in [2.05, 4.69) is 39.9 Å².